The Hall–Kier alpha value is -0.750. The number of aliphatic carboxylic acids is 1. The van der Waals surface area contributed by atoms with Crippen molar-refractivity contribution in [2.24, 2.45) is 11.1 Å². The molecule has 100 valence electrons. The van der Waals surface area contributed by atoms with Gasteiger partial charge in [-0.25, -0.2) is 0 Å². The molecule has 0 saturated carbocycles. The molecule has 17 heavy (non-hydrogen) atoms. The maximum absolute atomic E-state index is 11.5. The van der Waals surface area contributed by atoms with Crippen LogP contribution in [-0.4, -0.2) is 40.7 Å². The summed E-state index contributed by atoms with van der Waals surface area (Å²) in [6.07, 6.45) is 0. The zero-order chi connectivity index (χ0) is 13.9. The summed E-state index contributed by atoms with van der Waals surface area (Å²) >= 11 is 1.36. The summed E-state index contributed by atoms with van der Waals surface area (Å²) in [5.41, 5.74) is 4.94. The van der Waals surface area contributed by atoms with Gasteiger partial charge in [0.1, 0.15) is 6.04 Å². The number of carbonyl (C=O) groups is 2. The molecule has 1 atom stereocenters. The molecule has 0 heterocycles. The fourth-order valence-electron chi connectivity index (χ4n) is 1.09. The van der Waals surface area contributed by atoms with Crippen LogP contribution in [0.2, 0.25) is 0 Å². The lowest BCUT2D eigenvalue weighted by Gasteiger charge is -2.31. The zero-order valence-corrected chi connectivity index (χ0v) is 11.8. The van der Waals surface area contributed by atoms with Crippen LogP contribution in [0.15, 0.2) is 0 Å². The standard InChI is InChI=1S/C11H21NO4S/c1-10(2,9(15)16-5)6-17-11(3,4)7(12)8(13)14/h7H,6,12H2,1-5H3,(H,13,14)/t7-/m1/s1. The Balaban J connectivity index is 4.56. The highest BCUT2D eigenvalue weighted by Crippen LogP contribution is 2.33. The van der Waals surface area contributed by atoms with Crippen molar-refractivity contribution in [2.75, 3.05) is 12.9 Å². The van der Waals surface area contributed by atoms with E-state index in [1.807, 2.05) is 0 Å². The summed E-state index contributed by atoms with van der Waals surface area (Å²) in [5.74, 6) is -0.906. The highest BCUT2D eigenvalue weighted by atomic mass is 32.2. The highest BCUT2D eigenvalue weighted by molar-refractivity contribution is 8.00. The number of ether oxygens (including phenoxy) is 1. The minimum atomic E-state index is -1.04. The minimum absolute atomic E-state index is 0.315. The van der Waals surface area contributed by atoms with Gasteiger partial charge in [-0.05, 0) is 27.7 Å². The van der Waals surface area contributed by atoms with Crippen molar-refractivity contribution in [3.63, 3.8) is 0 Å². The Labute approximate surface area is 106 Å². The van der Waals surface area contributed by atoms with E-state index in [2.05, 4.69) is 4.74 Å². The lowest BCUT2D eigenvalue weighted by atomic mass is 9.97. The van der Waals surface area contributed by atoms with Gasteiger partial charge in [-0.2, -0.15) is 11.8 Å². The molecular formula is C11H21NO4S. The van der Waals surface area contributed by atoms with Gasteiger partial charge in [-0.15, -0.1) is 0 Å². The Morgan fingerprint density at radius 1 is 1.35 bits per heavy atom. The molecule has 0 bridgehead atoms. The van der Waals surface area contributed by atoms with Crippen LogP contribution in [0.3, 0.4) is 0 Å². The number of carboxylic acids is 1. The van der Waals surface area contributed by atoms with Crippen molar-refractivity contribution in [3.05, 3.63) is 0 Å². The first-order valence-corrected chi connectivity index (χ1v) is 6.24. The van der Waals surface area contributed by atoms with Crippen LogP contribution in [0.5, 0.6) is 0 Å². The van der Waals surface area contributed by atoms with Gasteiger partial charge in [-0.3, -0.25) is 9.59 Å². The minimum Gasteiger partial charge on any atom is -0.480 e. The summed E-state index contributed by atoms with van der Waals surface area (Å²) in [6, 6.07) is -0.971. The van der Waals surface area contributed by atoms with Gasteiger partial charge in [0.2, 0.25) is 0 Å². The lowest BCUT2D eigenvalue weighted by Crippen LogP contribution is -2.47. The summed E-state index contributed by atoms with van der Waals surface area (Å²) in [6.45, 7) is 7.02. The van der Waals surface area contributed by atoms with Gasteiger partial charge in [0.25, 0.3) is 0 Å². The average Bonchev–Trinajstić information content (AvgIpc) is 2.24. The van der Waals surface area contributed by atoms with Crippen LogP contribution >= 0.6 is 11.8 Å². The number of carbonyl (C=O) groups excluding carboxylic acids is 1. The number of hydrogen-bond acceptors (Lipinski definition) is 5. The summed E-state index contributed by atoms with van der Waals surface area (Å²) in [7, 11) is 1.34. The Bertz CT molecular complexity index is 302. The number of rotatable bonds is 6. The maximum Gasteiger partial charge on any atom is 0.321 e. The smallest absolute Gasteiger partial charge is 0.321 e. The second kappa shape index (κ2) is 5.73. The molecular weight excluding hydrogens is 242 g/mol. The number of carboxylic acid groups (broad SMARTS) is 1. The molecule has 0 aromatic carbocycles. The first-order chi connectivity index (χ1) is 7.54. The van der Waals surface area contributed by atoms with Crippen molar-refractivity contribution < 1.29 is 19.4 Å². The summed E-state index contributed by atoms with van der Waals surface area (Å²) in [5, 5.41) is 8.87. The van der Waals surface area contributed by atoms with Crippen LogP contribution in [0.4, 0.5) is 0 Å². The van der Waals surface area contributed by atoms with E-state index in [4.69, 9.17) is 10.8 Å². The van der Waals surface area contributed by atoms with Crippen molar-refractivity contribution >= 4 is 23.7 Å². The van der Waals surface area contributed by atoms with Crippen molar-refractivity contribution in [1.29, 1.82) is 0 Å². The van der Waals surface area contributed by atoms with E-state index in [9.17, 15) is 9.59 Å². The molecule has 0 amide bonds. The van der Waals surface area contributed by atoms with Gasteiger partial charge >= 0.3 is 11.9 Å². The fourth-order valence-corrected chi connectivity index (χ4v) is 2.22. The van der Waals surface area contributed by atoms with Crippen LogP contribution in [0.1, 0.15) is 27.7 Å². The van der Waals surface area contributed by atoms with E-state index in [1.54, 1.807) is 27.7 Å². The zero-order valence-electron chi connectivity index (χ0n) is 10.9. The first-order valence-electron chi connectivity index (χ1n) is 5.25. The van der Waals surface area contributed by atoms with Gasteiger partial charge in [0, 0.05) is 10.5 Å². The van der Waals surface area contributed by atoms with E-state index < -0.39 is 22.2 Å². The third kappa shape index (κ3) is 4.55. The molecule has 0 saturated heterocycles. The predicted octanol–water partition coefficient (Wildman–Crippen LogP) is 1.11. The Morgan fingerprint density at radius 2 is 1.82 bits per heavy atom. The number of nitrogens with two attached hydrogens (primary N) is 1. The van der Waals surface area contributed by atoms with E-state index >= 15 is 0 Å². The van der Waals surface area contributed by atoms with E-state index in [-0.39, 0.29) is 5.97 Å². The number of esters is 1. The second-order valence-corrected chi connectivity index (χ2v) is 6.71. The topological polar surface area (TPSA) is 89.6 Å². The number of methoxy groups -OCH3 is 1. The molecule has 5 nitrogen and oxygen atoms in total. The molecule has 0 aliphatic carbocycles. The molecule has 0 aromatic heterocycles. The van der Waals surface area contributed by atoms with Gasteiger partial charge in [-0.1, -0.05) is 0 Å². The number of thioether (sulfide) groups is 1. The molecule has 0 unspecified atom stereocenters. The van der Waals surface area contributed by atoms with Crippen LogP contribution in [-0.2, 0) is 14.3 Å². The first kappa shape index (κ1) is 16.2. The molecule has 0 rings (SSSR count). The van der Waals surface area contributed by atoms with Crippen molar-refractivity contribution in [3.8, 4) is 0 Å². The fraction of sp³-hybridized carbons (Fsp3) is 0.818. The van der Waals surface area contributed by atoms with Gasteiger partial charge in [0.15, 0.2) is 0 Å². The Morgan fingerprint density at radius 3 is 2.18 bits per heavy atom. The quantitative estimate of drug-likeness (QED) is 0.698. The van der Waals surface area contributed by atoms with Gasteiger partial charge < -0.3 is 15.6 Å². The van der Waals surface area contributed by atoms with E-state index in [0.717, 1.165) is 0 Å². The van der Waals surface area contributed by atoms with Crippen LogP contribution < -0.4 is 5.73 Å². The molecule has 3 N–H and O–H groups in total. The van der Waals surface area contributed by atoms with E-state index in [0.29, 0.717) is 5.75 Å². The molecule has 0 fully saturated rings. The van der Waals surface area contributed by atoms with Crippen LogP contribution in [0, 0.1) is 5.41 Å². The lowest BCUT2D eigenvalue weighted by molar-refractivity contribution is -0.149. The Kier molecular flexibility index (Phi) is 5.48. The predicted molar refractivity (Wildman–Crippen MR) is 67.9 cm³/mol. The molecule has 0 aliphatic heterocycles. The summed E-state index contributed by atoms with van der Waals surface area (Å²) < 4.78 is 4.05. The maximum atomic E-state index is 11.5. The highest BCUT2D eigenvalue weighted by Gasteiger charge is 2.37. The van der Waals surface area contributed by atoms with Crippen LogP contribution in [0.25, 0.3) is 0 Å². The van der Waals surface area contributed by atoms with Crippen molar-refractivity contribution in [2.45, 2.75) is 38.5 Å². The second-order valence-electron chi connectivity index (χ2n) is 5.08. The largest absolute Gasteiger partial charge is 0.480 e. The van der Waals surface area contributed by atoms with Crippen molar-refractivity contribution in [1.82, 2.24) is 0 Å². The molecule has 0 aromatic rings. The third-order valence-corrected chi connectivity index (χ3v) is 4.42. The SMILES string of the molecule is COC(=O)C(C)(C)CSC(C)(C)[C@H](N)C(=O)O. The molecule has 0 radical (unpaired) electrons. The molecule has 0 spiro atoms. The molecule has 6 heteroatoms. The monoisotopic (exact) mass is 263 g/mol. The third-order valence-electron chi connectivity index (χ3n) is 2.56. The van der Waals surface area contributed by atoms with E-state index in [1.165, 1.54) is 18.9 Å². The van der Waals surface area contributed by atoms with Gasteiger partial charge in [0.05, 0.1) is 12.5 Å². The normalized spacial score (nSPS) is 14.2. The number of hydrogen-bond donors (Lipinski definition) is 2. The molecule has 0 aliphatic rings. The average molecular weight is 263 g/mol. The summed E-state index contributed by atoms with van der Waals surface area (Å²) in [4.78, 5) is 22.3.